The summed E-state index contributed by atoms with van der Waals surface area (Å²) in [6, 6.07) is 11.1. The summed E-state index contributed by atoms with van der Waals surface area (Å²) in [5.74, 6) is 0. The Kier molecular flexibility index (Phi) is 5.39. The van der Waals surface area contributed by atoms with Gasteiger partial charge >= 0.3 is 0 Å². The average Bonchev–Trinajstić information content (AvgIpc) is 3.10. The van der Waals surface area contributed by atoms with E-state index < -0.39 is 0 Å². The first kappa shape index (κ1) is 16.0. The van der Waals surface area contributed by atoms with Gasteiger partial charge in [-0.3, -0.25) is 4.90 Å². The zero-order chi connectivity index (χ0) is 13.9. The van der Waals surface area contributed by atoms with E-state index >= 15 is 0 Å². The van der Waals surface area contributed by atoms with Crippen molar-refractivity contribution in [1.29, 1.82) is 0 Å². The van der Waals surface area contributed by atoms with E-state index in [0.29, 0.717) is 6.04 Å². The Balaban J connectivity index is 0.00000161. The first-order valence-electron chi connectivity index (χ1n) is 7.25. The Morgan fingerprint density at radius 1 is 1.33 bits per heavy atom. The van der Waals surface area contributed by atoms with Crippen LogP contribution in [0.2, 0.25) is 0 Å². The third kappa shape index (κ3) is 3.46. The number of benzene rings is 1. The maximum atomic E-state index is 4.50. The molecule has 0 radical (unpaired) electrons. The first-order chi connectivity index (χ1) is 9.75. The van der Waals surface area contributed by atoms with Gasteiger partial charge in [-0.15, -0.1) is 12.4 Å². The van der Waals surface area contributed by atoms with Crippen molar-refractivity contribution in [2.75, 3.05) is 20.1 Å². The third-order valence-electron chi connectivity index (χ3n) is 4.13. The highest BCUT2D eigenvalue weighted by atomic mass is 35.5. The van der Waals surface area contributed by atoms with E-state index in [2.05, 4.69) is 64.3 Å². The molecule has 21 heavy (non-hydrogen) atoms. The van der Waals surface area contributed by atoms with Gasteiger partial charge in [-0.1, -0.05) is 18.2 Å². The lowest BCUT2D eigenvalue weighted by Crippen LogP contribution is -2.33. The SMILES string of the molecule is Cc1ccccc1-n1nccc1CN(C)C1CCNC1.Cl. The fourth-order valence-electron chi connectivity index (χ4n) is 2.87. The van der Waals surface area contributed by atoms with Crippen LogP contribution in [0.25, 0.3) is 5.69 Å². The molecular formula is C16H23ClN4. The van der Waals surface area contributed by atoms with Gasteiger partial charge in [0.05, 0.1) is 11.4 Å². The van der Waals surface area contributed by atoms with Crippen molar-refractivity contribution in [3.8, 4) is 5.69 Å². The van der Waals surface area contributed by atoms with E-state index in [4.69, 9.17) is 0 Å². The number of para-hydroxylation sites is 1. The second-order valence-corrected chi connectivity index (χ2v) is 5.58. The van der Waals surface area contributed by atoms with Crippen molar-refractivity contribution in [2.45, 2.75) is 25.9 Å². The highest BCUT2D eigenvalue weighted by Crippen LogP contribution is 2.17. The van der Waals surface area contributed by atoms with Crippen molar-refractivity contribution in [3.05, 3.63) is 47.8 Å². The highest BCUT2D eigenvalue weighted by Gasteiger charge is 2.20. The Bertz CT molecular complexity index is 575. The summed E-state index contributed by atoms with van der Waals surface area (Å²) in [7, 11) is 2.20. The molecule has 114 valence electrons. The molecule has 1 aliphatic heterocycles. The number of rotatable bonds is 4. The molecule has 2 aromatic rings. The molecule has 1 aromatic carbocycles. The van der Waals surface area contributed by atoms with E-state index in [1.54, 1.807) is 0 Å². The van der Waals surface area contributed by atoms with Crippen molar-refractivity contribution in [2.24, 2.45) is 0 Å². The minimum absolute atomic E-state index is 0. The molecule has 1 saturated heterocycles. The van der Waals surface area contributed by atoms with Crippen LogP contribution in [-0.2, 0) is 6.54 Å². The fourth-order valence-corrected chi connectivity index (χ4v) is 2.87. The van der Waals surface area contributed by atoms with Crippen LogP contribution < -0.4 is 5.32 Å². The van der Waals surface area contributed by atoms with Crippen molar-refractivity contribution < 1.29 is 0 Å². The number of likely N-dealkylation sites (N-methyl/N-ethyl adjacent to an activating group) is 1. The van der Waals surface area contributed by atoms with E-state index in [1.165, 1.54) is 23.4 Å². The molecule has 0 amide bonds. The second-order valence-electron chi connectivity index (χ2n) is 5.58. The largest absolute Gasteiger partial charge is 0.315 e. The Morgan fingerprint density at radius 3 is 2.86 bits per heavy atom. The summed E-state index contributed by atoms with van der Waals surface area (Å²) in [6.07, 6.45) is 3.12. The number of nitrogens with one attached hydrogen (secondary N) is 1. The van der Waals surface area contributed by atoms with Crippen LogP contribution >= 0.6 is 12.4 Å². The highest BCUT2D eigenvalue weighted by molar-refractivity contribution is 5.85. The molecule has 3 rings (SSSR count). The number of aromatic nitrogens is 2. The molecule has 5 heteroatoms. The van der Waals surface area contributed by atoms with Gasteiger partial charge in [0, 0.05) is 25.3 Å². The van der Waals surface area contributed by atoms with Crippen molar-refractivity contribution in [3.63, 3.8) is 0 Å². The molecule has 0 spiro atoms. The molecule has 1 fully saturated rings. The number of nitrogens with zero attached hydrogens (tertiary/aromatic N) is 3. The molecule has 1 aliphatic rings. The molecule has 0 aliphatic carbocycles. The third-order valence-corrected chi connectivity index (χ3v) is 4.13. The maximum absolute atomic E-state index is 4.50. The van der Waals surface area contributed by atoms with Crippen LogP contribution in [0.1, 0.15) is 17.7 Å². The minimum Gasteiger partial charge on any atom is -0.315 e. The van der Waals surface area contributed by atoms with E-state index in [0.717, 1.165) is 19.6 Å². The average molecular weight is 307 g/mol. The van der Waals surface area contributed by atoms with Crippen LogP contribution in [0, 0.1) is 6.92 Å². The summed E-state index contributed by atoms with van der Waals surface area (Å²) in [4.78, 5) is 2.42. The molecule has 2 heterocycles. The Hall–Kier alpha value is -1.36. The van der Waals surface area contributed by atoms with Gasteiger partial charge in [-0.05, 0) is 44.6 Å². The Morgan fingerprint density at radius 2 is 2.14 bits per heavy atom. The van der Waals surface area contributed by atoms with Gasteiger partial charge < -0.3 is 5.32 Å². The summed E-state index contributed by atoms with van der Waals surface area (Å²) < 4.78 is 2.06. The molecule has 1 aromatic heterocycles. The quantitative estimate of drug-likeness (QED) is 0.941. The second kappa shape index (κ2) is 7.07. The van der Waals surface area contributed by atoms with E-state index in [1.807, 2.05) is 6.20 Å². The Labute approximate surface area is 132 Å². The zero-order valence-corrected chi connectivity index (χ0v) is 13.4. The minimum atomic E-state index is 0. The first-order valence-corrected chi connectivity index (χ1v) is 7.25. The topological polar surface area (TPSA) is 33.1 Å². The monoisotopic (exact) mass is 306 g/mol. The summed E-state index contributed by atoms with van der Waals surface area (Å²) >= 11 is 0. The van der Waals surface area contributed by atoms with Gasteiger partial charge in [0.1, 0.15) is 0 Å². The van der Waals surface area contributed by atoms with E-state index in [9.17, 15) is 0 Å². The molecule has 1 N–H and O–H groups in total. The number of hydrogen-bond donors (Lipinski definition) is 1. The maximum Gasteiger partial charge on any atom is 0.0678 e. The summed E-state index contributed by atoms with van der Waals surface area (Å²) in [5, 5.41) is 7.93. The smallest absolute Gasteiger partial charge is 0.0678 e. The van der Waals surface area contributed by atoms with Gasteiger partial charge in [0.25, 0.3) is 0 Å². The number of aryl methyl sites for hydroxylation is 1. The van der Waals surface area contributed by atoms with Crippen molar-refractivity contribution in [1.82, 2.24) is 20.0 Å². The summed E-state index contributed by atoms with van der Waals surface area (Å²) in [5.41, 5.74) is 3.67. The number of halogens is 1. The normalized spacial score (nSPS) is 18.0. The van der Waals surface area contributed by atoms with Gasteiger partial charge in [0.15, 0.2) is 0 Å². The van der Waals surface area contributed by atoms with Crippen LogP contribution in [0.5, 0.6) is 0 Å². The van der Waals surface area contributed by atoms with Crippen LogP contribution in [-0.4, -0.2) is 40.9 Å². The van der Waals surface area contributed by atoms with Gasteiger partial charge in [-0.25, -0.2) is 4.68 Å². The molecular weight excluding hydrogens is 284 g/mol. The predicted molar refractivity (Wildman–Crippen MR) is 88.3 cm³/mol. The van der Waals surface area contributed by atoms with Crippen LogP contribution in [0.4, 0.5) is 0 Å². The molecule has 0 saturated carbocycles. The standard InChI is InChI=1S/C16H22N4.ClH/c1-13-5-3-4-6-16(13)20-15(8-10-18-20)12-19(2)14-7-9-17-11-14;/h3-6,8,10,14,17H,7,9,11-12H2,1-2H3;1H. The lowest BCUT2D eigenvalue weighted by atomic mass is 10.2. The molecule has 0 bridgehead atoms. The lowest BCUT2D eigenvalue weighted by Gasteiger charge is -2.23. The molecule has 1 atom stereocenters. The van der Waals surface area contributed by atoms with Gasteiger partial charge in [-0.2, -0.15) is 5.10 Å². The molecule has 1 unspecified atom stereocenters. The molecule has 4 nitrogen and oxygen atoms in total. The number of hydrogen-bond acceptors (Lipinski definition) is 3. The van der Waals surface area contributed by atoms with Crippen molar-refractivity contribution >= 4 is 12.4 Å². The van der Waals surface area contributed by atoms with Crippen LogP contribution in [0.15, 0.2) is 36.5 Å². The summed E-state index contributed by atoms with van der Waals surface area (Å²) in [6.45, 7) is 5.28. The van der Waals surface area contributed by atoms with Gasteiger partial charge in [0.2, 0.25) is 0 Å². The fraction of sp³-hybridized carbons (Fsp3) is 0.438. The predicted octanol–water partition coefficient (Wildman–Crippen LogP) is 2.40. The van der Waals surface area contributed by atoms with E-state index in [-0.39, 0.29) is 12.4 Å². The van der Waals surface area contributed by atoms with Crippen LogP contribution in [0.3, 0.4) is 0 Å². The zero-order valence-electron chi connectivity index (χ0n) is 12.6. The lowest BCUT2D eigenvalue weighted by molar-refractivity contribution is 0.244.